The molecule has 0 bridgehead atoms. The second-order valence-electron chi connectivity index (χ2n) is 11.2. The lowest BCUT2D eigenvalue weighted by Crippen LogP contribution is -2.55. The van der Waals surface area contributed by atoms with Gasteiger partial charge in [-0.15, -0.1) is 0 Å². The lowest BCUT2D eigenvalue weighted by atomic mass is 9.82. The van der Waals surface area contributed by atoms with Gasteiger partial charge >= 0.3 is 0 Å². The van der Waals surface area contributed by atoms with Gasteiger partial charge in [0.05, 0.1) is 12.7 Å². The number of aliphatic hydroxyl groups is 1. The fraction of sp³-hybridized carbons (Fsp3) is 0.424. The van der Waals surface area contributed by atoms with Gasteiger partial charge in [-0.2, -0.15) is 0 Å². The molecule has 38 heavy (non-hydrogen) atoms. The number of carbonyl (C=O) groups is 1. The van der Waals surface area contributed by atoms with Crippen LogP contribution in [0.3, 0.4) is 0 Å². The van der Waals surface area contributed by atoms with Gasteiger partial charge in [-0.25, -0.2) is 0 Å². The fourth-order valence-corrected chi connectivity index (χ4v) is 6.53. The van der Waals surface area contributed by atoms with Gasteiger partial charge in [-0.05, 0) is 69.7 Å². The van der Waals surface area contributed by atoms with E-state index in [1.54, 1.807) is 7.11 Å². The molecule has 2 fully saturated rings. The summed E-state index contributed by atoms with van der Waals surface area (Å²) in [5.74, 6) is 0.893. The number of aryl methyl sites for hydroxylation is 2. The minimum atomic E-state index is -0.869. The molecule has 0 unspecified atom stereocenters. The molecule has 0 saturated carbocycles. The van der Waals surface area contributed by atoms with E-state index in [1.807, 2.05) is 42.5 Å². The number of para-hydroxylation sites is 1. The Morgan fingerprint density at radius 3 is 2.29 bits per heavy atom. The van der Waals surface area contributed by atoms with Gasteiger partial charge in [0.2, 0.25) is 0 Å². The summed E-state index contributed by atoms with van der Waals surface area (Å²) < 4.78 is 5.55. The number of likely N-dealkylation sites (tertiary alicyclic amines) is 2. The van der Waals surface area contributed by atoms with E-state index in [0.717, 1.165) is 66.9 Å². The number of ether oxygens (including phenoxy) is 1. The van der Waals surface area contributed by atoms with E-state index in [1.165, 1.54) is 5.56 Å². The summed E-state index contributed by atoms with van der Waals surface area (Å²) in [6.45, 7) is 6.53. The summed E-state index contributed by atoms with van der Waals surface area (Å²) in [7, 11) is 1.66. The van der Waals surface area contributed by atoms with Crippen molar-refractivity contribution in [1.82, 2.24) is 9.80 Å². The van der Waals surface area contributed by atoms with Gasteiger partial charge in [0, 0.05) is 42.8 Å². The van der Waals surface area contributed by atoms with Crippen molar-refractivity contribution in [3.05, 3.63) is 101 Å². The van der Waals surface area contributed by atoms with Crippen molar-refractivity contribution in [2.45, 2.75) is 63.6 Å². The quantitative estimate of drug-likeness (QED) is 0.473. The topological polar surface area (TPSA) is 53.0 Å². The van der Waals surface area contributed by atoms with Crippen LogP contribution in [0.15, 0.2) is 72.8 Å². The van der Waals surface area contributed by atoms with Crippen LogP contribution in [-0.4, -0.2) is 59.6 Å². The minimum absolute atomic E-state index is 0.138. The molecule has 1 N–H and O–H groups in total. The predicted molar refractivity (Wildman–Crippen MR) is 152 cm³/mol. The van der Waals surface area contributed by atoms with E-state index < -0.39 is 5.60 Å². The Hall–Kier alpha value is -3.15. The van der Waals surface area contributed by atoms with E-state index in [9.17, 15) is 9.90 Å². The third-order valence-electron chi connectivity index (χ3n) is 8.48. The Kier molecular flexibility index (Phi) is 7.87. The molecule has 2 atom stereocenters. The molecule has 5 nitrogen and oxygen atoms in total. The zero-order valence-electron chi connectivity index (χ0n) is 22.9. The molecule has 3 aromatic rings. The monoisotopic (exact) mass is 512 g/mol. The third-order valence-corrected chi connectivity index (χ3v) is 8.48. The van der Waals surface area contributed by atoms with Gasteiger partial charge in [0.1, 0.15) is 5.75 Å². The Bertz CT molecular complexity index is 1230. The highest BCUT2D eigenvalue weighted by molar-refractivity contribution is 5.95. The van der Waals surface area contributed by atoms with Crippen molar-refractivity contribution >= 4 is 5.91 Å². The Labute approximate surface area is 227 Å². The van der Waals surface area contributed by atoms with Gasteiger partial charge in [-0.1, -0.05) is 65.7 Å². The Morgan fingerprint density at radius 2 is 1.61 bits per heavy atom. The maximum absolute atomic E-state index is 13.8. The predicted octanol–water partition coefficient (Wildman–Crippen LogP) is 5.51. The zero-order chi connectivity index (χ0) is 26.7. The van der Waals surface area contributed by atoms with Crippen molar-refractivity contribution in [3.63, 3.8) is 0 Å². The SMILES string of the molecule is COc1ccccc1C1(O)CCN([C@@H]2CCN(C(=O)c3cc(C)cc(C)c3)[C@@H](Cc3ccccc3)C2)CC1. The standard InChI is InChI=1S/C33H40N2O3/c1-24-19-25(2)21-27(20-24)32(36)35-16-13-28(23-29(35)22-26-9-5-4-6-10-26)34-17-14-33(37,15-18-34)30-11-7-8-12-31(30)38-3/h4-12,19-21,28-29,37H,13-18,22-23H2,1-3H3/t28-,29+/m1/s1. The highest BCUT2D eigenvalue weighted by Crippen LogP contribution is 2.39. The van der Waals surface area contributed by atoms with Crippen LogP contribution in [0.5, 0.6) is 5.75 Å². The number of benzene rings is 3. The van der Waals surface area contributed by atoms with Crippen LogP contribution in [0.2, 0.25) is 0 Å². The highest BCUT2D eigenvalue weighted by atomic mass is 16.5. The van der Waals surface area contributed by atoms with Gasteiger partial charge < -0.3 is 14.7 Å². The van der Waals surface area contributed by atoms with Crippen molar-refractivity contribution in [1.29, 1.82) is 0 Å². The van der Waals surface area contributed by atoms with Gasteiger partial charge in [0.25, 0.3) is 5.91 Å². The van der Waals surface area contributed by atoms with E-state index in [0.29, 0.717) is 18.9 Å². The van der Waals surface area contributed by atoms with Crippen LogP contribution < -0.4 is 4.74 Å². The summed E-state index contributed by atoms with van der Waals surface area (Å²) in [4.78, 5) is 18.4. The van der Waals surface area contributed by atoms with Crippen LogP contribution in [0.4, 0.5) is 0 Å². The van der Waals surface area contributed by atoms with Crippen molar-refractivity contribution in [3.8, 4) is 5.75 Å². The van der Waals surface area contributed by atoms with E-state index in [4.69, 9.17) is 4.74 Å². The second-order valence-corrected chi connectivity index (χ2v) is 11.2. The van der Waals surface area contributed by atoms with E-state index in [-0.39, 0.29) is 11.9 Å². The Morgan fingerprint density at radius 1 is 0.947 bits per heavy atom. The first-order valence-corrected chi connectivity index (χ1v) is 13.9. The molecule has 200 valence electrons. The molecule has 2 aliphatic heterocycles. The summed E-state index contributed by atoms with van der Waals surface area (Å²) in [6, 6.07) is 25.0. The first-order valence-electron chi connectivity index (χ1n) is 13.9. The molecule has 0 aliphatic carbocycles. The largest absolute Gasteiger partial charge is 0.496 e. The number of hydrogen-bond donors (Lipinski definition) is 1. The van der Waals surface area contributed by atoms with Crippen LogP contribution in [0, 0.1) is 13.8 Å². The summed E-state index contributed by atoms with van der Waals surface area (Å²) in [5.41, 5.74) is 4.32. The maximum atomic E-state index is 13.8. The molecule has 1 amide bonds. The first kappa shape index (κ1) is 26.5. The normalized spacial score (nSPS) is 21.7. The Balaban J connectivity index is 1.32. The van der Waals surface area contributed by atoms with Crippen LogP contribution in [-0.2, 0) is 12.0 Å². The van der Waals surface area contributed by atoms with Crippen LogP contribution in [0.1, 0.15) is 58.3 Å². The minimum Gasteiger partial charge on any atom is -0.496 e. The molecule has 2 saturated heterocycles. The van der Waals surface area contributed by atoms with Gasteiger partial charge in [-0.3, -0.25) is 9.69 Å². The smallest absolute Gasteiger partial charge is 0.254 e. The summed E-state index contributed by atoms with van der Waals surface area (Å²) in [6.07, 6.45) is 4.11. The highest BCUT2D eigenvalue weighted by Gasteiger charge is 2.40. The second kappa shape index (κ2) is 11.3. The molecule has 0 aromatic heterocycles. The zero-order valence-corrected chi connectivity index (χ0v) is 22.9. The summed E-state index contributed by atoms with van der Waals surface area (Å²) >= 11 is 0. The van der Waals surface area contributed by atoms with Crippen molar-refractivity contribution in [2.24, 2.45) is 0 Å². The number of nitrogens with zero attached hydrogens (tertiary/aromatic N) is 2. The van der Waals surface area contributed by atoms with Crippen LogP contribution in [0.25, 0.3) is 0 Å². The summed E-state index contributed by atoms with van der Waals surface area (Å²) in [5, 5.41) is 11.5. The van der Waals surface area contributed by atoms with Crippen molar-refractivity contribution in [2.75, 3.05) is 26.7 Å². The number of amides is 1. The molecule has 3 aromatic carbocycles. The van der Waals surface area contributed by atoms with Gasteiger partial charge in [0.15, 0.2) is 0 Å². The molecule has 5 rings (SSSR count). The molecular formula is C33H40N2O3. The average Bonchev–Trinajstić information content (AvgIpc) is 2.93. The van der Waals surface area contributed by atoms with E-state index in [2.05, 4.69) is 54.0 Å². The van der Waals surface area contributed by atoms with Crippen molar-refractivity contribution < 1.29 is 14.6 Å². The fourth-order valence-electron chi connectivity index (χ4n) is 6.53. The number of carbonyl (C=O) groups excluding carboxylic acids is 1. The number of hydrogen-bond acceptors (Lipinski definition) is 4. The van der Waals surface area contributed by atoms with E-state index >= 15 is 0 Å². The molecule has 2 aliphatic rings. The van der Waals surface area contributed by atoms with Crippen LogP contribution >= 0.6 is 0 Å². The molecule has 0 spiro atoms. The molecular weight excluding hydrogens is 472 g/mol. The average molecular weight is 513 g/mol. The first-order chi connectivity index (χ1) is 18.4. The molecule has 5 heteroatoms. The third kappa shape index (κ3) is 5.64. The molecule has 0 radical (unpaired) electrons. The number of methoxy groups -OCH3 is 1. The maximum Gasteiger partial charge on any atom is 0.254 e. The number of piperidine rings is 2. The lowest BCUT2D eigenvalue weighted by molar-refractivity contribution is -0.0459. The number of rotatable bonds is 6. The molecule has 2 heterocycles. The lowest BCUT2D eigenvalue weighted by Gasteiger charge is -2.47.